The van der Waals surface area contributed by atoms with E-state index in [0.717, 1.165) is 0 Å². The summed E-state index contributed by atoms with van der Waals surface area (Å²) >= 11 is 1.24. The van der Waals surface area contributed by atoms with Gasteiger partial charge in [0, 0.05) is 30.9 Å². The smallest absolute Gasteiger partial charge is 0.231 e. The minimum atomic E-state index is -0.479. The fourth-order valence-electron chi connectivity index (χ4n) is 3.41. The van der Waals surface area contributed by atoms with E-state index in [1.54, 1.807) is 29.3 Å². The molecule has 1 unspecified atom stereocenters. The first-order valence-corrected chi connectivity index (χ1v) is 10.2. The lowest BCUT2D eigenvalue weighted by atomic mass is 10.1. The van der Waals surface area contributed by atoms with E-state index >= 15 is 0 Å². The summed E-state index contributed by atoms with van der Waals surface area (Å²) in [6.07, 6.45) is 1.80. The molecule has 10 heteroatoms. The summed E-state index contributed by atoms with van der Waals surface area (Å²) in [6, 6.07) is 10.9. The molecule has 3 aromatic rings. The van der Waals surface area contributed by atoms with Gasteiger partial charge in [0.1, 0.15) is 18.9 Å². The lowest BCUT2D eigenvalue weighted by Crippen LogP contribution is -2.28. The largest absolute Gasteiger partial charge is 0.486 e. The highest BCUT2D eigenvalue weighted by Gasteiger charge is 2.36. The maximum Gasteiger partial charge on any atom is 0.231 e. The zero-order valence-corrected chi connectivity index (χ0v) is 16.6. The SMILES string of the molecule is O=C(Nc1nnc(-c2ccccn2)s1)C1CC(=O)N(c2ccc3c(c2)OCCO3)C1. The van der Waals surface area contributed by atoms with Gasteiger partial charge in [-0.1, -0.05) is 17.4 Å². The van der Waals surface area contributed by atoms with Crippen molar-refractivity contribution < 1.29 is 19.1 Å². The molecule has 1 fully saturated rings. The van der Waals surface area contributed by atoms with Crippen LogP contribution in [0.1, 0.15) is 6.42 Å². The molecule has 30 heavy (non-hydrogen) atoms. The number of hydrogen-bond donors (Lipinski definition) is 1. The van der Waals surface area contributed by atoms with Crippen molar-refractivity contribution in [1.82, 2.24) is 15.2 Å². The zero-order chi connectivity index (χ0) is 20.5. The number of carbonyl (C=O) groups excluding carboxylic acids is 2. The van der Waals surface area contributed by atoms with Crippen LogP contribution in [0.5, 0.6) is 11.5 Å². The molecule has 4 heterocycles. The Morgan fingerprint density at radius 3 is 2.83 bits per heavy atom. The van der Waals surface area contributed by atoms with Crippen LogP contribution in [0, 0.1) is 5.92 Å². The normalized spacial score (nSPS) is 17.8. The highest BCUT2D eigenvalue weighted by Crippen LogP contribution is 2.36. The molecular formula is C20H17N5O4S. The second-order valence-corrected chi connectivity index (χ2v) is 7.83. The van der Waals surface area contributed by atoms with Gasteiger partial charge in [0.2, 0.25) is 16.9 Å². The van der Waals surface area contributed by atoms with E-state index in [1.807, 2.05) is 18.2 Å². The molecule has 2 aliphatic rings. The average Bonchev–Trinajstić information content (AvgIpc) is 3.41. The maximum atomic E-state index is 12.7. The van der Waals surface area contributed by atoms with E-state index in [-0.39, 0.29) is 24.8 Å². The Kier molecular flexibility index (Phi) is 4.75. The molecule has 5 rings (SSSR count). The van der Waals surface area contributed by atoms with Crippen molar-refractivity contribution in [2.24, 2.45) is 5.92 Å². The third-order valence-corrected chi connectivity index (χ3v) is 5.73. The zero-order valence-electron chi connectivity index (χ0n) is 15.8. The number of ether oxygens (including phenoxy) is 2. The van der Waals surface area contributed by atoms with Gasteiger partial charge in [-0.3, -0.25) is 14.6 Å². The van der Waals surface area contributed by atoms with Crippen LogP contribution in [0.3, 0.4) is 0 Å². The van der Waals surface area contributed by atoms with Gasteiger partial charge in [-0.15, -0.1) is 10.2 Å². The van der Waals surface area contributed by atoms with Crippen LogP contribution >= 0.6 is 11.3 Å². The Balaban J connectivity index is 1.26. The molecule has 0 bridgehead atoms. The molecule has 0 aliphatic carbocycles. The maximum absolute atomic E-state index is 12.7. The number of rotatable bonds is 4. The minimum absolute atomic E-state index is 0.113. The van der Waals surface area contributed by atoms with Gasteiger partial charge in [-0.05, 0) is 24.3 Å². The molecule has 1 atom stereocenters. The summed E-state index contributed by atoms with van der Waals surface area (Å²) in [5.74, 6) is 0.416. The van der Waals surface area contributed by atoms with E-state index in [9.17, 15) is 9.59 Å². The van der Waals surface area contributed by atoms with Crippen molar-refractivity contribution in [3.8, 4) is 22.2 Å². The Bertz CT molecular complexity index is 1100. The first-order chi connectivity index (χ1) is 14.7. The van der Waals surface area contributed by atoms with E-state index in [0.29, 0.717) is 46.2 Å². The van der Waals surface area contributed by atoms with E-state index < -0.39 is 5.92 Å². The summed E-state index contributed by atoms with van der Waals surface area (Å²) in [7, 11) is 0. The molecule has 2 aromatic heterocycles. The predicted molar refractivity (Wildman–Crippen MR) is 110 cm³/mol. The number of anilines is 2. The molecule has 2 amide bonds. The molecular weight excluding hydrogens is 406 g/mol. The predicted octanol–water partition coefficient (Wildman–Crippen LogP) is 2.36. The Morgan fingerprint density at radius 2 is 2.00 bits per heavy atom. The molecule has 2 aliphatic heterocycles. The first kappa shape index (κ1) is 18.5. The Morgan fingerprint density at radius 1 is 1.13 bits per heavy atom. The number of amides is 2. The highest BCUT2D eigenvalue weighted by molar-refractivity contribution is 7.18. The van der Waals surface area contributed by atoms with Crippen molar-refractivity contribution in [2.45, 2.75) is 6.42 Å². The van der Waals surface area contributed by atoms with Crippen molar-refractivity contribution in [1.29, 1.82) is 0 Å². The molecule has 9 nitrogen and oxygen atoms in total. The summed E-state index contributed by atoms with van der Waals surface area (Å²) in [6.45, 7) is 1.26. The molecule has 1 saturated heterocycles. The molecule has 0 radical (unpaired) electrons. The third kappa shape index (κ3) is 3.57. The van der Waals surface area contributed by atoms with Crippen molar-refractivity contribution in [3.05, 3.63) is 42.6 Å². The summed E-state index contributed by atoms with van der Waals surface area (Å²) in [4.78, 5) is 31.1. The molecule has 1 N–H and O–H groups in total. The number of carbonyl (C=O) groups is 2. The van der Waals surface area contributed by atoms with Crippen molar-refractivity contribution in [3.63, 3.8) is 0 Å². The van der Waals surface area contributed by atoms with Gasteiger partial charge < -0.3 is 19.7 Å². The monoisotopic (exact) mass is 423 g/mol. The second-order valence-electron chi connectivity index (χ2n) is 6.85. The summed E-state index contributed by atoms with van der Waals surface area (Å²) in [5, 5.41) is 11.9. The molecule has 152 valence electrons. The number of benzene rings is 1. The second kappa shape index (κ2) is 7.71. The Labute approximate surface area is 175 Å². The van der Waals surface area contributed by atoms with Gasteiger partial charge in [-0.2, -0.15) is 0 Å². The quantitative estimate of drug-likeness (QED) is 0.686. The van der Waals surface area contributed by atoms with Crippen LogP contribution in [0.2, 0.25) is 0 Å². The van der Waals surface area contributed by atoms with Crippen LogP contribution < -0.4 is 19.7 Å². The van der Waals surface area contributed by atoms with Crippen LogP contribution in [-0.4, -0.2) is 46.8 Å². The number of aromatic nitrogens is 3. The van der Waals surface area contributed by atoms with Gasteiger partial charge in [0.25, 0.3) is 0 Å². The van der Waals surface area contributed by atoms with E-state index in [1.165, 1.54) is 11.3 Å². The first-order valence-electron chi connectivity index (χ1n) is 9.43. The number of hydrogen-bond acceptors (Lipinski definition) is 8. The summed E-state index contributed by atoms with van der Waals surface area (Å²) in [5.41, 5.74) is 1.38. The number of nitrogens with zero attached hydrogens (tertiary/aromatic N) is 4. The molecule has 0 spiro atoms. The van der Waals surface area contributed by atoms with Crippen LogP contribution in [-0.2, 0) is 9.59 Å². The van der Waals surface area contributed by atoms with Gasteiger partial charge in [0.15, 0.2) is 16.5 Å². The fourth-order valence-corrected chi connectivity index (χ4v) is 4.13. The van der Waals surface area contributed by atoms with Gasteiger partial charge in [-0.25, -0.2) is 0 Å². The summed E-state index contributed by atoms with van der Waals surface area (Å²) < 4.78 is 11.1. The lowest BCUT2D eigenvalue weighted by Gasteiger charge is -2.22. The van der Waals surface area contributed by atoms with E-state index in [2.05, 4.69) is 20.5 Å². The Hall–Kier alpha value is -3.53. The van der Waals surface area contributed by atoms with Crippen LogP contribution in [0.25, 0.3) is 10.7 Å². The fraction of sp³-hybridized carbons (Fsp3) is 0.250. The van der Waals surface area contributed by atoms with E-state index in [4.69, 9.17) is 9.47 Å². The van der Waals surface area contributed by atoms with Crippen LogP contribution in [0.15, 0.2) is 42.6 Å². The average molecular weight is 423 g/mol. The lowest BCUT2D eigenvalue weighted by molar-refractivity contribution is -0.122. The van der Waals surface area contributed by atoms with Crippen LogP contribution in [0.4, 0.5) is 10.8 Å². The molecule has 1 aromatic carbocycles. The molecule has 0 saturated carbocycles. The highest BCUT2D eigenvalue weighted by atomic mass is 32.1. The van der Waals surface area contributed by atoms with Gasteiger partial charge in [0.05, 0.1) is 5.92 Å². The minimum Gasteiger partial charge on any atom is -0.486 e. The number of fused-ring (bicyclic) bond motifs is 1. The number of nitrogens with one attached hydrogen (secondary N) is 1. The standard InChI is InChI=1S/C20H17N5O4S/c26-17-9-12(11-25(17)13-4-5-15-16(10-13)29-8-7-28-15)18(27)22-20-24-23-19(30-20)14-3-1-2-6-21-14/h1-6,10,12H,7-9,11H2,(H,22,24,27). The topological polar surface area (TPSA) is 107 Å². The van der Waals surface area contributed by atoms with Crippen molar-refractivity contribution in [2.75, 3.05) is 30.0 Å². The van der Waals surface area contributed by atoms with Crippen molar-refractivity contribution >= 4 is 34.0 Å². The third-order valence-electron chi connectivity index (χ3n) is 4.87. The number of pyridine rings is 1. The van der Waals surface area contributed by atoms with Gasteiger partial charge >= 0.3 is 0 Å².